The van der Waals surface area contributed by atoms with Crippen LogP contribution in [0.25, 0.3) is 0 Å². The topological polar surface area (TPSA) is 39.5 Å². The number of hydrogen-bond acceptors (Lipinski definition) is 3. The molecule has 0 aromatic rings. The molecule has 0 radical (unpaired) electrons. The molecule has 0 bridgehead atoms. The lowest BCUT2D eigenvalue weighted by Gasteiger charge is -2.18. The number of rotatable bonds is 1. The minimum Gasteiger partial charge on any atom is -0.379 e. The van der Waals surface area contributed by atoms with Crippen LogP contribution in [0.3, 0.4) is 0 Å². The lowest BCUT2D eigenvalue weighted by Crippen LogP contribution is -2.19. The molecule has 1 N–H and O–H groups in total. The number of hydrogen-bond donors (Lipinski definition) is 1. The van der Waals surface area contributed by atoms with Crippen LogP contribution in [0.2, 0.25) is 0 Å². The molecule has 1 heterocycles. The Bertz CT molecular complexity index is 240. The maximum Gasteiger partial charge on any atom is 0.150 e. The van der Waals surface area contributed by atoms with Crippen molar-refractivity contribution < 1.29 is 0 Å². The van der Waals surface area contributed by atoms with E-state index < -0.39 is 0 Å². The first-order chi connectivity index (χ1) is 5.11. The van der Waals surface area contributed by atoms with Crippen molar-refractivity contribution in [2.45, 2.75) is 6.42 Å². The van der Waals surface area contributed by atoms with E-state index in [1.54, 1.807) is 6.20 Å². The van der Waals surface area contributed by atoms with Crippen molar-refractivity contribution >= 4 is 22.5 Å². The molecule has 1 rings (SSSR count). The van der Waals surface area contributed by atoms with Crippen LogP contribution >= 0.6 is 11.6 Å². The van der Waals surface area contributed by atoms with Crippen molar-refractivity contribution in [3.63, 3.8) is 0 Å². The quantitative estimate of drug-likeness (QED) is 0.638. The number of nitrogens with one attached hydrogen (secondary N) is 1. The Kier molecular flexibility index (Phi) is 2.29. The fraction of sp³-hybridized carbons (Fsp3) is 0.429. The van der Waals surface area contributed by atoms with Gasteiger partial charge in [-0.05, 0) is 0 Å². The molecular weight excluding hydrogens is 162 g/mol. The van der Waals surface area contributed by atoms with Crippen molar-refractivity contribution in [1.29, 1.82) is 5.41 Å². The Hall–Kier alpha value is -0.830. The standard InChI is InChI=1S/C7H10ClN3/c1-11(2)5-3-6(9)7(8)10-4-5/h4,9H,3H2,1-2H3. The van der Waals surface area contributed by atoms with E-state index in [0.29, 0.717) is 17.3 Å². The Morgan fingerprint density at radius 3 is 2.73 bits per heavy atom. The lowest BCUT2D eigenvalue weighted by atomic mass is 10.2. The summed E-state index contributed by atoms with van der Waals surface area (Å²) in [5, 5.41) is 7.69. The van der Waals surface area contributed by atoms with Crippen LogP contribution in [0.15, 0.2) is 16.9 Å². The van der Waals surface area contributed by atoms with Crippen molar-refractivity contribution in [1.82, 2.24) is 4.90 Å². The van der Waals surface area contributed by atoms with Gasteiger partial charge in [0, 0.05) is 32.4 Å². The van der Waals surface area contributed by atoms with Gasteiger partial charge in [0.05, 0.1) is 5.71 Å². The molecule has 11 heavy (non-hydrogen) atoms. The zero-order valence-corrected chi connectivity index (χ0v) is 7.31. The Balaban J connectivity index is 2.82. The zero-order valence-electron chi connectivity index (χ0n) is 6.56. The smallest absolute Gasteiger partial charge is 0.150 e. The van der Waals surface area contributed by atoms with Gasteiger partial charge >= 0.3 is 0 Å². The molecular formula is C7H10ClN3. The van der Waals surface area contributed by atoms with Crippen LogP contribution in [0, 0.1) is 5.41 Å². The largest absolute Gasteiger partial charge is 0.379 e. The maximum atomic E-state index is 7.39. The van der Waals surface area contributed by atoms with Gasteiger partial charge in [0.25, 0.3) is 0 Å². The Morgan fingerprint density at radius 1 is 1.64 bits per heavy atom. The fourth-order valence-electron chi connectivity index (χ4n) is 0.782. The van der Waals surface area contributed by atoms with Crippen LogP contribution in [0.4, 0.5) is 0 Å². The van der Waals surface area contributed by atoms with Gasteiger partial charge in [-0.1, -0.05) is 11.6 Å². The van der Waals surface area contributed by atoms with Gasteiger partial charge in [0.1, 0.15) is 5.17 Å². The molecule has 0 spiro atoms. The number of allylic oxidation sites excluding steroid dienone is 1. The molecule has 1 aliphatic rings. The molecule has 0 aromatic carbocycles. The van der Waals surface area contributed by atoms with Crippen LogP contribution in [0.1, 0.15) is 6.42 Å². The van der Waals surface area contributed by atoms with Gasteiger partial charge in [0.2, 0.25) is 0 Å². The third-order valence-corrected chi connectivity index (χ3v) is 1.83. The van der Waals surface area contributed by atoms with Gasteiger partial charge < -0.3 is 10.3 Å². The average molecular weight is 172 g/mol. The molecule has 0 amide bonds. The molecule has 60 valence electrons. The number of aliphatic imine (C=N–C) groups is 1. The van der Waals surface area contributed by atoms with Crippen LogP contribution in [0.5, 0.6) is 0 Å². The van der Waals surface area contributed by atoms with Crippen LogP contribution in [-0.2, 0) is 0 Å². The van der Waals surface area contributed by atoms with Gasteiger partial charge in [-0.25, -0.2) is 4.99 Å². The van der Waals surface area contributed by atoms with Crippen LogP contribution in [-0.4, -0.2) is 29.9 Å². The first-order valence-electron chi connectivity index (χ1n) is 3.28. The summed E-state index contributed by atoms with van der Waals surface area (Å²) in [6.45, 7) is 0. The summed E-state index contributed by atoms with van der Waals surface area (Å²) >= 11 is 5.60. The monoisotopic (exact) mass is 171 g/mol. The van der Waals surface area contributed by atoms with Gasteiger partial charge in [-0.3, -0.25) is 0 Å². The molecule has 0 unspecified atom stereocenters. The zero-order chi connectivity index (χ0) is 8.43. The second kappa shape index (κ2) is 3.05. The van der Waals surface area contributed by atoms with Crippen LogP contribution < -0.4 is 0 Å². The predicted octanol–water partition coefficient (Wildman–Crippen LogP) is 1.45. The molecule has 1 aliphatic heterocycles. The Labute approximate surface area is 70.9 Å². The molecule has 0 saturated heterocycles. The van der Waals surface area contributed by atoms with E-state index in [9.17, 15) is 0 Å². The highest BCUT2D eigenvalue weighted by atomic mass is 35.5. The molecule has 0 aliphatic carbocycles. The van der Waals surface area contributed by atoms with E-state index in [-0.39, 0.29) is 0 Å². The predicted molar refractivity (Wildman–Crippen MR) is 47.4 cm³/mol. The third kappa shape index (κ3) is 1.80. The van der Waals surface area contributed by atoms with E-state index in [2.05, 4.69) is 4.99 Å². The highest BCUT2D eigenvalue weighted by Gasteiger charge is 2.12. The SMILES string of the molecule is CN(C)C1=CN=C(Cl)C(=N)C1. The normalized spacial score (nSPS) is 17.5. The summed E-state index contributed by atoms with van der Waals surface area (Å²) in [6, 6.07) is 0. The molecule has 0 fully saturated rings. The highest BCUT2D eigenvalue weighted by molar-refractivity contribution is 6.83. The number of halogens is 1. The molecule has 3 nitrogen and oxygen atoms in total. The summed E-state index contributed by atoms with van der Waals surface area (Å²) in [5.74, 6) is 0. The highest BCUT2D eigenvalue weighted by Crippen LogP contribution is 2.12. The minimum absolute atomic E-state index is 0.301. The summed E-state index contributed by atoms with van der Waals surface area (Å²) in [5.41, 5.74) is 1.40. The first kappa shape index (κ1) is 8.27. The second-order valence-electron chi connectivity index (χ2n) is 2.59. The van der Waals surface area contributed by atoms with E-state index >= 15 is 0 Å². The summed E-state index contributed by atoms with van der Waals surface area (Å²) in [4.78, 5) is 5.80. The molecule has 0 aromatic heterocycles. The molecule has 4 heteroatoms. The van der Waals surface area contributed by atoms with E-state index in [1.807, 2.05) is 19.0 Å². The molecule has 0 saturated carbocycles. The maximum absolute atomic E-state index is 7.39. The van der Waals surface area contributed by atoms with E-state index in [0.717, 1.165) is 5.70 Å². The average Bonchev–Trinajstić information content (AvgIpc) is 1.94. The third-order valence-electron chi connectivity index (χ3n) is 1.51. The van der Waals surface area contributed by atoms with Gasteiger partial charge in [0.15, 0.2) is 0 Å². The van der Waals surface area contributed by atoms with Crippen molar-refractivity contribution in [3.8, 4) is 0 Å². The summed E-state index contributed by atoms with van der Waals surface area (Å²) in [7, 11) is 3.85. The van der Waals surface area contributed by atoms with Gasteiger partial charge in [-0.2, -0.15) is 0 Å². The summed E-state index contributed by atoms with van der Waals surface area (Å²) in [6.07, 6.45) is 2.27. The number of nitrogens with zero attached hydrogens (tertiary/aromatic N) is 2. The lowest BCUT2D eigenvalue weighted by molar-refractivity contribution is 0.502. The van der Waals surface area contributed by atoms with E-state index in [4.69, 9.17) is 17.0 Å². The first-order valence-corrected chi connectivity index (χ1v) is 3.66. The fourth-order valence-corrected chi connectivity index (χ4v) is 0.898. The minimum atomic E-state index is 0.301. The van der Waals surface area contributed by atoms with Crippen molar-refractivity contribution in [2.75, 3.05) is 14.1 Å². The second-order valence-corrected chi connectivity index (χ2v) is 2.95. The van der Waals surface area contributed by atoms with Crippen molar-refractivity contribution in [3.05, 3.63) is 11.9 Å². The van der Waals surface area contributed by atoms with Crippen molar-refractivity contribution in [2.24, 2.45) is 4.99 Å². The van der Waals surface area contributed by atoms with Gasteiger partial charge in [-0.15, -0.1) is 0 Å². The molecule has 0 atom stereocenters. The van der Waals surface area contributed by atoms with E-state index in [1.165, 1.54) is 0 Å². The summed E-state index contributed by atoms with van der Waals surface area (Å²) < 4.78 is 0. The Morgan fingerprint density at radius 2 is 2.27 bits per heavy atom.